The zero-order valence-electron chi connectivity index (χ0n) is 23.8. The van der Waals surface area contributed by atoms with Gasteiger partial charge in [-0.2, -0.15) is 14.6 Å². The van der Waals surface area contributed by atoms with Crippen LogP contribution in [0.2, 0.25) is 0 Å². The third-order valence-electron chi connectivity index (χ3n) is 8.69. The molecule has 1 aliphatic carbocycles. The maximum absolute atomic E-state index is 16.0. The van der Waals surface area contributed by atoms with E-state index in [-0.39, 0.29) is 34.3 Å². The Labute approximate surface area is 263 Å². The van der Waals surface area contributed by atoms with Crippen LogP contribution in [-0.2, 0) is 36.7 Å². The summed E-state index contributed by atoms with van der Waals surface area (Å²) >= 11 is 0. The number of hydrogen-bond acceptors (Lipinski definition) is 16. The van der Waals surface area contributed by atoms with E-state index < -0.39 is 95.1 Å². The van der Waals surface area contributed by atoms with Gasteiger partial charge in [0.2, 0.25) is 11.9 Å². The van der Waals surface area contributed by atoms with Crippen LogP contribution in [0.1, 0.15) is 24.3 Å². The van der Waals surface area contributed by atoms with E-state index in [4.69, 9.17) is 39.0 Å². The summed E-state index contributed by atoms with van der Waals surface area (Å²) < 4.78 is 107. The molecule has 0 aromatic carbocycles. The number of nitrogens with two attached hydrogens (primary N) is 2. The van der Waals surface area contributed by atoms with Crippen LogP contribution in [0.25, 0.3) is 16.8 Å². The summed E-state index contributed by atoms with van der Waals surface area (Å²) in [5.74, 6) is -4.05. The van der Waals surface area contributed by atoms with Crippen molar-refractivity contribution in [2.24, 2.45) is 5.41 Å². The van der Waals surface area contributed by atoms with E-state index in [1.807, 2.05) is 0 Å². The number of hydrogen-bond donors (Lipinski definition) is 5. The summed E-state index contributed by atoms with van der Waals surface area (Å²) in [5, 5.41) is 4.02. The van der Waals surface area contributed by atoms with Gasteiger partial charge in [0.25, 0.3) is 11.5 Å². The average molecular weight is 722 g/mol. The molecule has 8 rings (SSSR count). The molecule has 4 aromatic heterocycles. The molecule has 10 atom stereocenters. The van der Waals surface area contributed by atoms with Gasteiger partial charge in [-0.15, -0.1) is 0 Å². The number of aromatic amines is 1. The van der Waals surface area contributed by atoms with Crippen molar-refractivity contribution in [1.29, 1.82) is 0 Å². The van der Waals surface area contributed by atoms with E-state index in [2.05, 4.69) is 30.0 Å². The molecule has 3 saturated heterocycles. The maximum atomic E-state index is 16.0. The number of rotatable bonds is 2. The molecule has 2 bridgehead atoms. The number of nitrogen functional groups attached to an aromatic ring is 2. The predicted octanol–water partition coefficient (Wildman–Crippen LogP) is 0.141. The van der Waals surface area contributed by atoms with Crippen molar-refractivity contribution >= 4 is 44.4 Å². The Balaban J connectivity index is 1.15. The molecular formula is C22H23F3N10O11P2. The molecule has 7 heterocycles. The normalized spacial score (nSPS) is 39.6. The van der Waals surface area contributed by atoms with Crippen LogP contribution in [0, 0.1) is 5.41 Å². The SMILES string of the molecule is Nc1nc2c(ncn2[C@@H]2O[C@@H]3COP(=O)(O)O[C@H]4[C@H](c5cnn6c(N)ncnc56)O[C@H](COP(=O)(O)O[C@H]3[C@H]2F)[C@]42CC2(F)F)c(=O)[nH]1. The van der Waals surface area contributed by atoms with Crippen LogP contribution in [0.3, 0.4) is 0 Å². The zero-order valence-corrected chi connectivity index (χ0v) is 25.6. The van der Waals surface area contributed by atoms with Crippen LogP contribution in [0.15, 0.2) is 23.6 Å². The standard InChI is InChI=1S/C22H23F3N10O11P2/c23-10-13-8(43-18(10)34-6-30-11-16(34)32-19(26)33-17(11)36)2-41-48(39,40)46-14-12(7-1-31-35-15(7)28-5-29-20(35)27)44-9(3-42-47(37,38)45-13)21(14)4-22(21,24)25/h1,5-6,8-10,12-14,18H,2-4H2,(H,37,38)(H,39,40)(H2,27,28,29)(H3,26,32,33,36)/t8-,9-,10-,12+,13-,14+,18-,21-/m1/s1. The van der Waals surface area contributed by atoms with Crippen LogP contribution in [0.4, 0.5) is 25.1 Å². The number of imidazole rings is 1. The third kappa shape index (κ3) is 4.78. The van der Waals surface area contributed by atoms with Gasteiger partial charge in [0.1, 0.15) is 30.7 Å². The monoisotopic (exact) mass is 722 g/mol. The van der Waals surface area contributed by atoms with E-state index in [1.165, 1.54) is 0 Å². The summed E-state index contributed by atoms with van der Waals surface area (Å²) in [4.78, 5) is 51.6. The lowest BCUT2D eigenvalue weighted by Gasteiger charge is -2.26. The second kappa shape index (κ2) is 10.5. The van der Waals surface area contributed by atoms with Crippen molar-refractivity contribution < 1.29 is 59.7 Å². The molecule has 1 saturated carbocycles. The minimum absolute atomic E-state index is 0.00264. The minimum Gasteiger partial charge on any atom is -0.369 e. The lowest BCUT2D eigenvalue weighted by atomic mass is 9.90. The fourth-order valence-corrected chi connectivity index (χ4v) is 8.35. The highest BCUT2D eigenvalue weighted by Crippen LogP contribution is 2.74. The van der Waals surface area contributed by atoms with E-state index >= 15 is 13.2 Å². The summed E-state index contributed by atoms with van der Waals surface area (Å²) in [6.45, 7) is -2.08. The highest BCUT2D eigenvalue weighted by atomic mass is 31.2. The van der Waals surface area contributed by atoms with Crippen LogP contribution in [0.5, 0.6) is 0 Å². The Kier molecular flexibility index (Phi) is 6.91. The van der Waals surface area contributed by atoms with Gasteiger partial charge in [0.05, 0.1) is 37.3 Å². The van der Waals surface area contributed by atoms with Crippen LogP contribution < -0.4 is 17.0 Å². The summed E-state index contributed by atoms with van der Waals surface area (Å²) in [6.07, 6.45) is -10.9. The Morgan fingerprint density at radius 3 is 2.52 bits per heavy atom. The van der Waals surface area contributed by atoms with Crippen molar-refractivity contribution in [3.63, 3.8) is 0 Å². The summed E-state index contributed by atoms with van der Waals surface area (Å²) in [6, 6.07) is 0. The molecule has 48 heavy (non-hydrogen) atoms. The molecule has 0 amide bonds. The molecule has 2 unspecified atom stereocenters. The van der Waals surface area contributed by atoms with Crippen molar-refractivity contribution in [2.45, 2.75) is 55.3 Å². The van der Waals surface area contributed by atoms with Gasteiger partial charge in [-0.25, -0.2) is 37.3 Å². The van der Waals surface area contributed by atoms with Gasteiger partial charge < -0.3 is 30.7 Å². The fourth-order valence-electron chi connectivity index (χ4n) is 6.42. The first kappa shape index (κ1) is 31.7. The average Bonchev–Trinajstić information content (AvgIpc) is 3.49. The lowest BCUT2D eigenvalue weighted by Crippen LogP contribution is -2.36. The number of phosphoric acid groups is 2. The second-order valence-corrected chi connectivity index (χ2v) is 14.3. The highest BCUT2D eigenvalue weighted by Gasteiger charge is 2.84. The third-order valence-corrected chi connectivity index (χ3v) is 10.6. The largest absolute Gasteiger partial charge is 0.472 e. The van der Waals surface area contributed by atoms with Crippen LogP contribution in [-0.4, -0.2) is 98.6 Å². The van der Waals surface area contributed by atoms with Crippen molar-refractivity contribution in [3.8, 4) is 0 Å². The molecule has 4 aliphatic rings. The van der Waals surface area contributed by atoms with Gasteiger partial charge in [-0.1, -0.05) is 0 Å². The second-order valence-electron chi connectivity index (χ2n) is 11.4. The van der Waals surface area contributed by atoms with Gasteiger partial charge in [0, 0.05) is 12.0 Å². The van der Waals surface area contributed by atoms with Gasteiger partial charge in [0.15, 0.2) is 29.2 Å². The first-order chi connectivity index (χ1) is 22.6. The molecule has 1 spiro atoms. The minimum atomic E-state index is -5.36. The smallest absolute Gasteiger partial charge is 0.369 e. The number of H-pyrrole nitrogens is 1. The molecule has 0 radical (unpaired) electrons. The van der Waals surface area contributed by atoms with Gasteiger partial charge >= 0.3 is 15.6 Å². The lowest BCUT2D eigenvalue weighted by molar-refractivity contribution is -0.0550. The molecular weight excluding hydrogens is 699 g/mol. The Morgan fingerprint density at radius 1 is 1.04 bits per heavy atom. The number of ether oxygens (including phenoxy) is 2. The van der Waals surface area contributed by atoms with E-state index in [9.17, 15) is 23.7 Å². The molecule has 7 N–H and O–H groups in total. The first-order valence-electron chi connectivity index (χ1n) is 13.9. The number of alkyl halides is 3. The summed E-state index contributed by atoms with van der Waals surface area (Å²) in [7, 11) is -10.7. The van der Waals surface area contributed by atoms with E-state index in [1.54, 1.807) is 0 Å². The Hall–Kier alpha value is -3.57. The highest BCUT2D eigenvalue weighted by molar-refractivity contribution is 7.47. The van der Waals surface area contributed by atoms with Crippen molar-refractivity contribution in [2.75, 3.05) is 24.7 Å². The van der Waals surface area contributed by atoms with Crippen molar-refractivity contribution in [1.82, 2.24) is 39.1 Å². The van der Waals surface area contributed by atoms with E-state index in [0.29, 0.717) is 0 Å². The number of nitrogens with zero attached hydrogens (tertiary/aromatic N) is 7. The Bertz CT molecular complexity index is 2120. The maximum Gasteiger partial charge on any atom is 0.472 e. The molecule has 258 valence electrons. The van der Waals surface area contributed by atoms with E-state index in [0.717, 1.165) is 27.9 Å². The fraction of sp³-hybridized carbons (Fsp3) is 0.545. The number of nitrogens with one attached hydrogen (secondary N) is 1. The Morgan fingerprint density at radius 2 is 1.77 bits per heavy atom. The molecule has 3 aliphatic heterocycles. The van der Waals surface area contributed by atoms with Crippen LogP contribution >= 0.6 is 15.6 Å². The predicted molar refractivity (Wildman–Crippen MR) is 147 cm³/mol. The topological polar surface area (TPSA) is 289 Å². The number of aromatic nitrogens is 8. The zero-order chi connectivity index (χ0) is 34.0. The molecule has 4 fully saturated rings. The quantitative estimate of drug-likeness (QED) is 0.172. The number of fused-ring (bicyclic) bond motifs is 3. The van der Waals surface area contributed by atoms with Gasteiger partial charge in [-0.3, -0.25) is 32.4 Å². The summed E-state index contributed by atoms with van der Waals surface area (Å²) in [5.41, 5.74) is 7.82. The first-order valence-corrected chi connectivity index (χ1v) is 16.9. The number of phosphoric ester groups is 2. The number of anilines is 2. The molecule has 4 aromatic rings. The number of halogens is 3. The molecule has 26 heteroatoms. The molecule has 21 nitrogen and oxygen atoms in total. The van der Waals surface area contributed by atoms with Gasteiger partial charge in [-0.05, 0) is 0 Å². The van der Waals surface area contributed by atoms with Crippen molar-refractivity contribution in [3.05, 3.63) is 34.8 Å².